The number of nitrogens with one attached hydrogen (secondary N) is 1. The molecule has 9 nitrogen and oxygen atoms in total. The van der Waals surface area contributed by atoms with E-state index in [0.717, 1.165) is 16.4 Å². The zero-order valence-electron chi connectivity index (χ0n) is 17.8. The Bertz CT molecular complexity index is 1290. The van der Waals surface area contributed by atoms with Crippen molar-refractivity contribution in [2.45, 2.75) is 18.7 Å². The van der Waals surface area contributed by atoms with Crippen LogP contribution in [0.2, 0.25) is 0 Å². The first-order chi connectivity index (χ1) is 15.8. The molecular weight excluding hydrogens is 442 g/mol. The average Bonchev–Trinajstić information content (AvgIpc) is 3.14. The van der Waals surface area contributed by atoms with Gasteiger partial charge in [0.15, 0.2) is 0 Å². The molecule has 2 aromatic carbocycles. The zero-order chi connectivity index (χ0) is 24.0. The van der Waals surface area contributed by atoms with Crippen LogP contribution in [-0.2, 0) is 4.79 Å². The number of aromatic nitrogens is 2. The minimum atomic E-state index is -0.623. The third-order valence-electron chi connectivity index (χ3n) is 4.46. The highest BCUT2D eigenvalue weighted by molar-refractivity contribution is 8.00. The lowest BCUT2D eigenvalue weighted by Gasteiger charge is -2.06. The number of amides is 1. The van der Waals surface area contributed by atoms with Crippen molar-refractivity contribution in [3.63, 3.8) is 0 Å². The number of anilines is 1. The molecule has 0 saturated heterocycles. The van der Waals surface area contributed by atoms with Crippen LogP contribution in [0.4, 0.5) is 11.4 Å². The second-order valence-corrected chi connectivity index (χ2v) is 8.02. The van der Waals surface area contributed by atoms with Gasteiger partial charge in [0.1, 0.15) is 11.6 Å². The van der Waals surface area contributed by atoms with Crippen molar-refractivity contribution in [1.29, 1.82) is 5.26 Å². The number of nitrogens with zero attached hydrogens (tertiary/aromatic N) is 4. The molecule has 3 rings (SSSR count). The summed E-state index contributed by atoms with van der Waals surface area (Å²) in [5, 5.41) is 27.8. The standard InChI is InChI=1S/C23H19N5O4S/c1-15-10-16(2)27(26-15)23(30)18(13-24)11-17-8-9-21(20(12-17)28(31)32)33-14-22(29)25-19-6-4-3-5-7-19/h3-12H,14H2,1-2H3,(H,25,29)/b18-11+. The monoisotopic (exact) mass is 461 g/mol. The van der Waals surface area contributed by atoms with Crippen LogP contribution in [0.15, 0.2) is 65.1 Å². The first kappa shape index (κ1) is 23.4. The van der Waals surface area contributed by atoms with Gasteiger partial charge in [-0.1, -0.05) is 24.3 Å². The summed E-state index contributed by atoms with van der Waals surface area (Å²) >= 11 is 1.02. The van der Waals surface area contributed by atoms with Gasteiger partial charge in [0.2, 0.25) is 5.91 Å². The van der Waals surface area contributed by atoms with Gasteiger partial charge in [0, 0.05) is 17.4 Å². The van der Waals surface area contributed by atoms with Crippen molar-refractivity contribution in [1.82, 2.24) is 9.78 Å². The molecule has 0 spiro atoms. The predicted molar refractivity (Wildman–Crippen MR) is 125 cm³/mol. The molecule has 166 valence electrons. The van der Waals surface area contributed by atoms with E-state index in [1.807, 2.05) is 12.1 Å². The number of nitro benzene ring substituents is 1. The highest BCUT2D eigenvalue weighted by atomic mass is 32.2. The van der Waals surface area contributed by atoms with Gasteiger partial charge in [-0.15, -0.1) is 11.8 Å². The van der Waals surface area contributed by atoms with Gasteiger partial charge in [0.05, 0.1) is 21.3 Å². The van der Waals surface area contributed by atoms with Gasteiger partial charge < -0.3 is 5.32 Å². The number of carbonyl (C=O) groups is 2. The molecular formula is C23H19N5O4S. The molecule has 0 fully saturated rings. The number of benzene rings is 2. The molecule has 1 aromatic heterocycles. The summed E-state index contributed by atoms with van der Waals surface area (Å²) in [5.41, 5.74) is 1.72. The molecule has 0 aliphatic rings. The van der Waals surface area contributed by atoms with Gasteiger partial charge in [-0.3, -0.25) is 19.7 Å². The van der Waals surface area contributed by atoms with E-state index in [4.69, 9.17) is 0 Å². The molecule has 3 aromatic rings. The van der Waals surface area contributed by atoms with Crippen LogP contribution in [0.1, 0.15) is 21.7 Å². The van der Waals surface area contributed by atoms with Gasteiger partial charge in [0.25, 0.3) is 11.6 Å². The Morgan fingerprint density at radius 3 is 2.55 bits per heavy atom. The van der Waals surface area contributed by atoms with E-state index in [1.54, 1.807) is 50.2 Å². The largest absolute Gasteiger partial charge is 0.325 e. The molecule has 33 heavy (non-hydrogen) atoms. The van der Waals surface area contributed by atoms with Crippen LogP contribution in [0.3, 0.4) is 0 Å². The molecule has 1 heterocycles. The number of aryl methyl sites for hydroxylation is 2. The van der Waals surface area contributed by atoms with E-state index in [9.17, 15) is 25.0 Å². The van der Waals surface area contributed by atoms with Gasteiger partial charge >= 0.3 is 0 Å². The highest BCUT2D eigenvalue weighted by Gasteiger charge is 2.19. The van der Waals surface area contributed by atoms with Crippen LogP contribution < -0.4 is 5.32 Å². The smallest absolute Gasteiger partial charge is 0.289 e. The number of nitriles is 1. The summed E-state index contributed by atoms with van der Waals surface area (Å²) in [6.45, 7) is 3.42. The topological polar surface area (TPSA) is 131 Å². The minimum Gasteiger partial charge on any atom is -0.325 e. The number of hydrogen-bond donors (Lipinski definition) is 1. The lowest BCUT2D eigenvalue weighted by atomic mass is 10.1. The molecule has 0 atom stereocenters. The Balaban J connectivity index is 1.79. The fourth-order valence-corrected chi connectivity index (χ4v) is 3.81. The quantitative estimate of drug-likeness (QED) is 0.181. The molecule has 1 amide bonds. The minimum absolute atomic E-state index is 0.0230. The summed E-state index contributed by atoms with van der Waals surface area (Å²) in [4.78, 5) is 36.1. The number of carbonyl (C=O) groups excluding carboxylic acids is 2. The normalized spacial score (nSPS) is 11.0. The summed E-state index contributed by atoms with van der Waals surface area (Å²) in [6, 6.07) is 16.7. The van der Waals surface area contributed by atoms with Crippen molar-refractivity contribution in [3.05, 3.63) is 87.2 Å². The molecule has 0 radical (unpaired) electrons. The maximum atomic E-state index is 12.7. The van der Waals surface area contributed by atoms with Gasteiger partial charge in [-0.05, 0) is 49.8 Å². The van der Waals surface area contributed by atoms with Crippen molar-refractivity contribution < 1.29 is 14.5 Å². The van der Waals surface area contributed by atoms with E-state index in [-0.39, 0.29) is 22.9 Å². The summed E-state index contributed by atoms with van der Waals surface area (Å²) < 4.78 is 1.12. The van der Waals surface area contributed by atoms with Crippen molar-refractivity contribution >= 4 is 41.0 Å². The third-order valence-corrected chi connectivity index (χ3v) is 5.52. The number of nitro groups is 1. The van der Waals surface area contributed by atoms with Crippen molar-refractivity contribution in [3.8, 4) is 6.07 Å². The van der Waals surface area contributed by atoms with Crippen LogP contribution in [0.25, 0.3) is 6.08 Å². The zero-order valence-corrected chi connectivity index (χ0v) is 18.6. The lowest BCUT2D eigenvalue weighted by Crippen LogP contribution is -2.15. The van der Waals surface area contributed by atoms with Crippen molar-refractivity contribution in [2.24, 2.45) is 0 Å². The molecule has 0 aliphatic carbocycles. The van der Waals surface area contributed by atoms with Crippen LogP contribution in [0.5, 0.6) is 0 Å². The SMILES string of the molecule is Cc1cc(C)n(C(=O)/C(C#N)=C/c2ccc(SCC(=O)Nc3ccccc3)c([N+](=O)[O-])c2)n1. The molecule has 0 saturated carbocycles. The maximum Gasteiger partial charge on any atom is 0.289 e. The fraction of sp³-hybridized carbons (Fsp3) is 0.130. The number of allylic oxidation sites excluding steroid dienone is 1. The second-order valence-electron chi connectivity index (χ2n) is 7.00. The highest BCUT2D eigenvalue weighted by Crippen LogP contribution is 2.31. The molecule has 10 heteroatoms. The first-order valence-corrected chi connectivity index (χ1v) is 10.7. The Hall–Kier alpha value is -4.23. The number of hydrogen-bond acceptors (Lipinski definition) is 7. The van der Waals surface area contributed by atoms with E-state index in [0.29, 0.717) is 27.5 Å². The molecule has 0 bridgehead atoms. The number of thioether (sulfide) groups is 1. The summed E-state index contributed by atoms with van der Waals surface area (Å²) in [6.07, 6.45) is 1.28. The molecule has 0 unspecified atom stereocenters. The summed E-state index contributed by atoms with van der Waals surface area (Å²) in [7, 11) is 0. The predicted octanol–water partition coefficient (Wildman–Crippen LogP) is 4.39. The van der Waals surface area contributed by atoms with E-state index in [2.05, 4.69) is 10.4 Å². The van der Waals surface area contributed by atoms with Crippen LogP contribution >= 0.6 is 11.8 Å². The maximum absolute atomic E-state index is 12.7. The Morgan fingerprint density at radius 2 is 1.94 bits per heavy atom. The van der Waals surface area contributed by atoms with Crippen LogP contribution in [-0.4, -0.2) is 32.3 Å². The fourth-order valence-electron chi connectivity index (χ4n) is 3.01. The van der Waals surface area contributed by atoms with E-state index < -0.39 is 10.8 Å². The lowest BCUT2D eigenvalue weighted by molar-refractivity contribution is -0.387. The first-order valence-electron chi connectivity index (χ1n) is 9.74. The number of rotatable bonds is 7. The Labute approximate surface area is 193 Å². The van der Waals surface area contributed by atoms with Gasteiger partial charge in [-0.2, -0.15) is 10.4 Å². The van der Waals surface area contributed by atoms with Crippen molar-refractivity contribution in [2.75, 3.05) is 11.1 Å². The Kier molecular flexibility index (Phi) is 7.38. The number of para-hydroxylation sites is 1. The third kappa shape index (κ3) is 5.93. The summed E-state index contributed by atoms with van der Waals surface area (Å²) in [5.74, 6) is -0.946. The molecule has 1 N–H and O–H groups in total. The van der Waals surface area contributed by atoms with Crippen LogP contribution in [0, 0.1) is 35.3 Å². The second kappa shape index (κ2) is 10.4. The Morgan fingerprint density at radius 1 is 1.21 bits per heavy atom. The van der Waals surface area contributed by atoms with E-state index in [1.165, 1.54) is 18.2 Å². The molecule has 0 aliphatic heterocycles. The average molecular weight is 462 g/mol. The van der Waals surface area contributed by atoms with Gasteiger partial charge in [-0.25, -0.2) is 4.68 Å². The van der Waals surface area contributed by atoms with E-state index >= 15 is 0 Å².